The van der Waals surface area contributed by atoms with Crippen molar-refractivity contribution >= 4 is 15.9 Å². The van der Waals surface area contributed by atoms with Gasteiger partial charge in [0.15, 0.2) is 5.82 Å². The van der Waals surface area contributed by atoms with E-state index >= 15 is 0 Å². The molecule has 0 radical (unpaired) electrons. The normalized spacial score (nSPS) is 12.6. The maximum Gasteiger partial charge on any atom is 0.173 e. The Morgan fingerprint density at radius 2 is 2.25 bits per heavy atom. The van der Waals surface area contributed by atoms with Gasteiger partial charge >= 0.3 is 0 Å². The van der Waals surface area contributed by atoms with Crippen molar-refractivity contribution in [3.05, 3.63) is 34.1 Å². The predicted octanol–water partition coefficient (Wildman–Crippen LogP) is 2.03. The molecule has 1 atom stereocenters. The van der Waals surface area contributed by atoms with Gasteiger partial charge in [0.25, 0.3) is 0 Å². The second-order valence-corrected chi connectivity index (χ2v) is 5.41. The van der Waals surface area contributed by atoms with E-state index in [1.807, 2.05) is 32.0 Å². The van der Waals surface area contributed by atoms with Gasteiger partial charge in [-0.3, -0.25) is 0 Å². The van der Waals surface area contributed by atoms with Crippen molar-refractivity contribution in [1.29, 1.82) is 0 Å². The van der Waals surface area contributed by atoms with Crippen LogP contribution in [0.5, 0.6) is 0 Å². The molecule has 0 saturated heterocycles. The highest BCUT2D eigenvalue weighted by Gasteiger charge is 2.15. The molecule has 0 aliphatic carbocycles. The molecule has 0 spiro atoms. The van der Waals surface area contributed by atoms with Gasteiger partial charge in [-0.25, -0.2) is 0 Å². The Hall–Kier alpha value is -1.31. The van der Waals surface area contributed by atoms with Gasteiger partial charge in [-0.1, -0.05) is 15.9 Å². The van der Waals surface area contributed by atoms with E-state index in [-0.39, 0.29) is 6.04 Å². The Balaban J connectivity index is 2.21. The van der Waals surface area contributed by atoms with Gasteiger partial charge in [0.2, 0.25) is 0 Å². The summed E-state index contributed by atoms with van der Waals surface area (Å²) in [6, 6.07) is 6.08. The number of benzene rings is 1. The molecule has 0 aliphatic rings. The Bertz CT molecular complexity index is 572. The van der Waals surface area contributed by atoms with E-state index in [0.717, 1.165) is 28.1 Å². The number of hydrogen-bond donors (Lipinski definition) is 1. The first-order valence-electron chi connectivity index (χ1n) is 6.40. The average molecular weight is 340 g/mol. The number of rotatable bonds is 6. The Labute approximate surface area is 126 Å². The Morgan fingerprint density at radius 1 is 1.45 bits per heavy atom. The van der Waals surface area contributed by atoms with Gasteiger partial charge in [0.1, 0.15) is 0 Å². The minimum Gasteiger partial charge on any atom is -0.383 e. The van der Waals surface area contributed by atoms with Crippen LogP contribution in [0.2, 0.25) is 0 Å². The van der Waals surface area contributed by atoms with E-state index in [1.54, 1.807) is 11.8 Å². The zero-order valence-corrected chi connectivity index (χ0v) is 13.4. The highest BCUT2D eigenvalue weighted by molar-refractivity contribution is 9.10. The third-order valence-electron chi connectivity index (χ3n) is 3.02. The lowest BCUT2D eigenvalue weighted by Crippen LogP contribution is -2.25. The fourth-order valence-corrected chi connectivity index (χ4v) is 2.12. The van der Waals surface area contributed by atoms with E-state index in [2.05, 4.69) is 36.8 Å². The van der Waals surface area contributed by atoms with Crippen LogP contribution in [0.25, 0.3) is 5.69 Å². The van der Waals surface area contributed by atoms with Crippen LogP contribution in [0.1, 0.15) is 24.4 Å². The van der Waals surface area contributed by atoms with Crippen molar-refractivity contribution in [1.82, 2.24) is 25.5 Å². The fraction of sp³-hybridized carbons (Fsp3) is 0.462. The molecule has 1 aromatic carbocycles. The first kappa shape index (κ1) is 15.1. The minimum atomic E-state index is 0.0455. The summed E-state index contributed by atoms with van der Waals surface area (Å²) in [5.41, 5.74) is 2.09. The molecule has 6 nitrogen and oxygen atoms in total. The zero-order valence-electron chi connectivity index (χ0n) is 11.8. The summed E-state index contributed by atoms with van der Waals surface area (Å²) in [6.45, 7) is 5.48. The number of hydrogen-bond acceptors (Lipinski definition) is 5. The second-order valence-electron chi connectivity index (χ2n) is 4.55. The number of nitrogens with zero attached hydrogens (tertiary/aromatic N) is 4. The number of ether oxygens (including phenoxy) is 1. The number of aryl methyl sites for hydroxylation is 1. The molecule has 1 unspecified atom stereocenters. The zero-order chi connectivity index (χ0) is 14.5. The van der Waals surface area contributed by atoms with E-state index in [4.69, 9.17) is 4.74 Å². The summed E-state index contributed by atoms with van der Waals surface area (Å²) in [4.78, 5) is 0. The summed E-state index contributed by atoms with van der Waals surface area (Å²) < 4.78 is 7.85. The molecule has 0 amide bonds. The maximum atomic E-state index is 5.03. The molecule has 20 heavy (non-hydrogen) atoms. The van der Waals surface area contributed by atoms with Crippen LogP contribution < -0.4 is 5.32 Å². The predicted molar refractivity (Wildman–Crippen MR) is 79.9 cm³/mol. The molecule has 2 aromatic rings. The standard InChI is InChI=1S/C13H18BrN5O/c1-9-8-11(4-5-12(9)14)19-13(16-17-18-19)10(2)15-6-7-20-3/h4-5,8,10,15H,6-7H2,1-3H3. The molecule has 7 heteroatoms. The van der Waals surface area contributed by atoms with Gasteiger partial charge in [0, 0.05) is 18.1 Å². The van der Waals surface area contributed by atoms with Crippen LogP contribution in [0.15, 0.2) is 22.7 Å². The summed E-state index contributed by atoms with van der Waals surface area (Å²) >= 11 is 3.50. The molecule has 0 aliphatic heterocycles. The van der Waals surface area contributed by atoms with E-state index < -0.39 is 0 Å². The van der Waals surface area contributed by atoms with Crippen molar-refractivity contribution in [2.75, 3.05) is 20.3 Å². The van der Waals surface area contributed by atoms with E-state index in [9.17, 15) is 0 Å². The van der Waals surface area contributed by atoms with Crippen molar-refractivity contribution < 1.29 is 4.74 Å². The molecule has 1 heterocycles. The molecule has 0 saturated carbocycles. The van der Waals surface area contributed by atoms with Crippen LogP contribution in [0, 0.1) is 6.92 Å². The Kier molecular flexibility index (Phi) is 5.22. The van der Waals surface area contributed by atoms with Gasteiger partial charge in [0.05, 0.1) is 18.3 Å². The summed E-state index contributed by atoms with van der Waals surface area (Å²) in [5.74, 6) is 0.780. The minimum absolute atomic E-state index is 0.0455. The summed E-state index contributed by atoms with van der Waals surface area (Å²) in [5, 5.41) is 15.3. The lowest BCUT2D eigenvalue weighted by molar-refractivity contribution is 0.196. The quantitative estimate of drug-likeness (QED) is 0.815. The monoisotopic (exact) mass is 339 g/mol. The highest BCUT2D eigenvalue weighted by Crippen LogP contribution is 2.20. The van der Waals surface area contributed by atoms with Gasteiger partial charge in [-0.2, -0.15) is 4.68 Å². The number of methoxy groups -OCH3 is 1. The smallest absolute Gasteiger partial charge is 0.173 e. The lowest BCUT2D eigenvalue weighted by Gasteiger charge is -2.13. The molecule has 108 valence electrons. The highest BCUT2D eigenvalue weighted by atomic mass is 79.9. The summed E-state index contributed by atoms with van der Waals surface area (Å²) in [6.07, 6.45) is 0. The van der Waals surface area contributed by atoms with Crippen LogP contribution >= 0.6 is 15.9 Å². The summed E-state index contributed by atoms with van der Waals surface area (Å²) in [7, 11) is 1.68. The SMILES string of the molecule is COCCNC(C)c1nnnn1-c1ccc(Br)c(C)c1. The second kappa shape index (κ2) is 6.92. The van der Waals surface area contributed by atoms with Crippen molar-refractivity contribution in [2.45, 2.75) is 19.9 Å². The van der Waals surface area contributed by atoms with E-state index in [1.165, 1.54) is 0 Å². The van der Waals surface area contributed by atoms with Crippen molar-refractivity contribution in [3.8, 4) is 5.69 Å². The van der Waals surface area contributed by atoms with Crippen LogP contribution in [0.3, 0.4) is 0 Å². The van der Waals surface area contributed by atoms with Crippen molar-refractivity contribution in [2.24, 2.45) is 0 Å². The lowest BCUT2D eigenvalue weighted by atomic mass is 10.2. The molecule has 1 aromatic heterocycles. The molecule has 1 N–H and O–H groups in total. The van der Waals surface area contributed by atoms with Gasteiger partial charge in [-0.15, -0.1) is 5.10 Å². The molecule has 2 rings (SSSR count). The first-order chi connectivity index (χ1) is 9.63. The number of halogens is 1. The van der Waals surface area contributed by atoms with Gasteiger partial charge in [-0.05, 0) is 48.0 Å². The third-order valence-corrected chi connectivity index (χ3v) is 3.91. The average Bonchev–Trinajstić information content (AvgIpc) is 2.91. The maximum absolute atomic E-state index is 5.03. The van der Waals surface area contributed by atoms with Gasteiger partial charge < -0.3 is 10.1 Å². The third kappa shape index (κ3) is 3.41. The van der Waals surface area contributed by atoms with Crippen molar-refractivity contribution in [3.63, 3.8) is 0 Å². The molecular formula is C13H18BrN5O. The largest absolute Gasteiger partial charge is 0.383 e. The number of tetrazole rings is 1. The topological polar surface area (TPSA) is 64.9 Å². The van der Waals surface area contributed by atoms with Crippen LogP contribution in [-0.4, -0.2) is 40.5 Å². The molecule has 0 fully saturated rings. The van der Waals surface area contributed by atoms with Crippen LogP contribution in [0.4, 0.5) is 0 Å². The molecular weight excluding hydrogens is 322 g/mol. The van der Waals surface area contributed by atoms with Crippen LogP contribution in [-0.2, 0) is 4.74 Å². The molecule has 0 bridgehead atoms. The number of nitrogens with one attached hydrogen (secondary N) is 1. The number of aromatic nitrogens is 4. The fourth-order valence-electron chi connectivity index (χ4n) is 1.88. The Morgan fingerprint density at radius 3 is 2.95 bits per heavy atom. The first-order valence-corrected chi connectivity index (χ1v) is 7.20. The van der Waals surface area contributed by atoms with E-state index in [0.29, 0.717) is 6.61 Å².